The van der Waals surface area contributed by atoms with Crippen molar-refractivity contribution in [3.63, 3.8) is 0 Å². The van der Waals surface area contributed by atoms with E-state index in [2.05, 4.69) is 5.32 Å². The maximum atomic E-state index is 13.4. The third-order valence-corrected chi connectivity index (χ3v) is 5.13. The largest absolute Gasteiger partial charge is 0.497 e. The SMILES string of the molecule is COc1ccc(OC)c(NC2=C(c3ccc([N+](=O)[O-])cc3)C(=O)N(c3ccccc3)C2=O)c1. The number of nitrogens with zero attached hydrogens (tertiary/aromatic N) is 2. The number of nitro groups is 1. The summed E-state index contributed by atoms with van der Waals surface area (Å²) in [7, 11) is 2.99. The summed E-state index contributed by atoms with van der Waals surface area (Å²) >= 11 is 0. The van der Waals surface area contributed by atoms with E-state index in [9.17, 15) is 19.7 Å². The monoisotopic (exact) mass is 445 g/mol. The molecule has 0 fully saturated rings. The Kier molecular flexibility index (Phi) is 5.77. The number of anilines is 2. The smallest absolute Gasteiger partial charge is 0.282 e. The number of nitro benzene ring substituents is 1. The van der Waals surface area contributed by atoms with Gasteiger partial charge in [0.2, 0.25) is 0 Å². The number of benzene rings is 3. The lowest BCUT2D eigenvalue weighted by atomic mass is 10.0. The number of para-hydroxylation sites is 1. The average Bonchev–Trinajstić information content (AvgIpc) is 3.08. The highest BCUT2D eigenvalue weighted by atomic mass is 16.6. The van der Waals surface area contributed by atoms with Gasteiger partial charge in [0.25, 0.3) is 17.5 Å². The molecule has 0 saturated carbocycles. The van der Waals surface area contributed by atoms with E-state index in [1.807, 2.05) is 0 Å². The van der Waals surface area contributed by atoms with Gasteiger partial charge >= 0.3 is 0 Å². The van der Waals surface area contributed by atoms with Crippen LogP contribution < -0.4 is 19.7 Å². The van der Waals surface area contributed by atoms with Crippen LogP contribution in [0.25, 0.3) is 5.57 Å². The van der Waals surface area contributed by atoms with E-state index in [1.165, 1.54) is 38.5 Å². The molecule has 9 nitrogen and oxygen atoms in total. The highest BCUT2D eigenvalue weighted by Crippen LogP contribution is 2.37. The van der Waals surface area contributed by atoms with Gasteiger partial charge in [0, 0.05) is 18.2 Å². The molecule has 0 aromatic heterocycles. The fraction of sp³-hybridized carbons (Fsp3) is 0.0833. The summed E-state index contributed by atoms with van der Waals surface area (Å²) in [5.41, 5.74) is 1.17. The molecule has 4 rings (SSSR count). The van der Waals surface area contributed by atoms with Crippen LogP contribution in [0.2, 0.25) is 0 Å². The van der Waals surface area contributed by atoms with Crippen molar-refractivity contribution in [3.8, 4) is 11.5 Å². The molecule has 0 spiro atoms. The van der Waals surface area contributed by atoms with Crippen LogP contribution in [0.4, 0.5) is 17.1 Å². The summed E-state index contributed by atoms with van der Waals surface area (Å²) < 4.78 is 10.7. The topological polar surface area (TPSA) is 111 Å². The molecule has 1 aliphatic heterocycles. The molecule has 0 unspecified atom stereocenters. The predicted molar refractivity (Wildman–Crippen MR) is 122 cm³/mol. The van der Waals surface area contributed by atoms with Crippen molar-refractivity contribution in [3.05, 3.63) is 94.2 Å². The van der Waals surface area contributed by atoms with Gasteiger partial charge in [0.1, 0.15) is 17.2 Å². The van der Waals surface area contributed by atoms with Crippen molar-refractivity contribution in [2.45, 2.75) is 0 Å². The summed E-state index contributed by atoms with van der Waals surface area (Å²) in [6.07, 6.45) is 0. The van der Waals surface area contributed by atoms with E-state index in [0.717, 1.165) is 4.90 Å². The number of carbonyl (C=O) groups is 2. The fourth-order valence-corrected chi connectivity index (χ4v) is 3.52. The van der Waals surface area contributed by atoms with Crippen LogP contribution in [0.15, 0.2) is 78.5 Å². The number of rotatable bonds is 7. The molecular weight excluding hydrogens is 426 g/mol. The number of non-ortho nitro benzene ring substituents is 1. The van der Waals surface area contributed by atoms with E-state index in [4.69, 9.17) is 9.47 Å². The van der Waals surface area contributed by atoms with Gasteiger partial charge in [-0.2, -0.15) is 0 Å². The number of hydrogen-bond donors (Lipinski definition) is 1. The minimum atomic E-state index is -0.565. The number of carbonyl (C=O) groups excluding carboxylic acids is 2. The van der Waals surface area contributed by atoms with Crippen LogP contribution in [0.1, 0.15) is 5.56 Å². The van der Waals surface area contributed by atoms with Crippen LogP contribution in [0.5, 0.6) is 11.5 Å². The number of nitrogens with one attached hydrogen (secondary N) is 1. The molecule has 0 bridgehead atoms. The lowest BCUT2D eigenvalue weighted by Crippen LogP contribution is -2.32. The van der Waals surface area contributed by atoms with Crippen molar-refractivity contribution >= 4 is 34.4 Å². The van der Waals surface area contributed by atoms with Crippen molar-refractivity contribution in [2.75, 3.05) is 24.4 Å². The maximum Gasteiger partial charge on any atom is 0.282 e. The molecule has 9 heteroatoms. The molecule has 1 aliphatic rings. The average molecular weight is 445 g/mol. The Morgan fingerprint density at radius 2 is 1.58 bits per heavy atom. The third kappa shape index (κ3) is 3.99. The predicted octanol–water partition coefficient (Wildman–Crippen LogP) is 4.01. The summed E-state index contributed by atoms with van der Waals surface area (Å²) in [6, 6.07) is 19.0. The first kappa shape index (κ1) is 21.6. The number of ether oxygens (including phenoxy) is 2. The Morgan fingerprint density at radius 3 is 2.18 bits per heavy atom. The molecule has 33 heavy (non-hydrogen) atoms. The van der Waals surface area contributed by atoms with Gasteiger partial charge in [0.15, 0.2) is 0 Å². The Labute approximate surface area is 189 Å². The van der Waals surface area contributed by atoms with Gasteiger partial charge in [-0.05, 0) is 42.0 Å². The van der Waals surface area contributed by atoms with Gasteiger partial charge in [-0.25, -0.2) is 4.90 Å². The van der Waals surface area contributed by atoms with Crippen LogP contribution in [-0.4, -0.2) is 31.0 Å². The number of hydrogen-bond acceptors (Lipinski definition) is 7. The van der Waals surface area contributed by atoms with Crippen molar-refractivity contribution < 1.29 is 24.0 Å². The molecule has 2 amide bonds. The molecule has 0 saturated heterocycles. The standard InChI is InChI=1S/C24H19N3O6/c1-32-18-12-13-20(33-2)19(14-18)25-22-21(15-8-10-17(11-9-15)27(30)31)23(28)26(24(22)29)16-6-4-3-5-7-16/h3-14,25H,1-2H3. The zero-order valence-corrected chi connectivity index (χ0v) is 17.8. The molecule has 0 atom stereocenters. The summed E-state index contributed by atoms with van der Waals surface area (Å²) in [4.78, 5) is 38.4. The fourth-order valence-electron chi connectivity index (χ4n) is 3.52. The lowest BCUT2D eigenvalue weighted by Gasteiger charge is -2.16. The van der Waals surface area contributed by atoms with Gasteiger partial charge in [-0.1, -0.05) is 18.2 Å². The summed E-state index contributed by atoms with van der Waals surface area (Å²) in [5, 5.41) is 14.1. The van der Waals surface area contributed by atoms with E-state index in [1.54, 1.807) is 48.5 Å². The van der Waals surface area contributed by atoms with Crippen molar-refractivity contribution in [2.24, 2.45) is 0 Å². The highest BCUT2D eigenvalue weighted by Gasteiger charge is 2.40. The van der Waals surface area contributed by atoms with E-state index in [-0.39, 0.29) is 17.0 Å². The van der Waals surface area contributed by atoms with E-state index < -0.39 is 16.7 Å². The van der Waals surface area contributed by atoms with Gasteiger partial charge in [0.05, 0.1) is 36.1 Å². The van der Waals surface area contributed by atoms with Gasteiger partial charge in [-0.3, -0.25) is 19.7 Å². The van der Waals surface area contributed by atoms with Crippen LogP contribution >= 0.6 is 0 Å². The molecule has 1 heterocycles. The Balaban J connectivity index is 1.85. The third-order valence-electron chi connectivity index (χ3n) is 5.13. The zero-order chi connectivity index (χ0) is 23.5. The molecule has 0 radical (unpaired) electrons. The summed E-state index contributed by atoms with van der Waals surface area (Å²) in [5.74, 6) is -0.161. The van der Waals surface area contributed by atoms with Crippen LogP contribution in [0.3, 0.4) is 0 Å². The first-order valence-corrected chi connectivity index (χ1v) is 9.86. The Bertz CT molecular complexity index is 1270. The second-order valence-corrected chi connectivity index (χ2v) is 7.03. The normalized spacial score (nSPS) is 13.3. The Hall–Kier alpha value is -4.66. The van der Waals surface area contributed by atoms with Gasteiger partial charge < -0.3 is 14.8 Å². The van der Waals surface area contributed by atoms with Crippen molar-refractivity contribution in [1.82, 2.24) is 0 Å². The van der Waals surface area contributed by atoms with E-state index >= 15 is 0 Å². The highest BCUT2D eigenvalue weighted by molar-refractivity contribution is 6.46. The molecule has 166 valence electrons. The first-order valence-electron chi connectivity index (χ1n) is 9.86. The molecule has 3 aromatic rings. The molecule has 1 N–H and O–H groups in total. The molecule has 3 aromatic carbocycles. The maximum absolute atomic E-state index is 13.4. The second kappa shape index (κ2) is 8.83. The zero-order valence-electron chi connectivity index (χ0n) is 17.8. The quantitative estimate of drug-likeness (QED) is 0.332. The minimum absolute atomic E-state index is 0.0178. The summed E-state index contributed by atoms with van der Waals surface area (Å²) in [6.45, 7) is 0. The molecule has 0 aliphatic carbocycles. The van der Waals surface area contributed by atoms with E-state index in [0.29, 0.717) is 28.4 Å². The van der Waals surface area contributed by atoms with Crippen molar-refractivity contribution in [1.29, 1.82) is 0 Å². The first-order chi connectivity index (χ1) is 15.9. The Morgan fingerprint density at radius 1 is 0.879 bits per heavy atom. The second-order valence-electron chi connectivity index (χ2n) is 7.03. The molecular formula is C24H19N3O6. The minimum Gasteiger partial charge on any atom is -0.497 e. The van der Waals surface area contributed by atoms with Gasteiger partial charge in [-0.15, -0.1) is 0 Å². The van der Waals surface area contributed by atoms with Crippen LogP contribution in [0, 0.1) is 10.1 Å². The number of imide groups is 1. The van der Waals surface area contributed by atoms with Crippen LogP contribution in [-0.2, 0) is 9.59 Å². The lowest BCUT2D eigenvalue weighted by molar-refractivity contribution is -0.384. The number of amides is 2. The number of methoxy groups -OCH3 is 2.